The molecule has 0 amide bonds. The smallest absolute Gasteiger partial charge is 0.308 e. The molecule has 1 aromatic rings. The third-order valence-corrected chi connectivity index (χ3v) is 4.08. The zero-order chi connectivity index (χ0) is 15.6. The summed E-state index contributed by atoms with van der Waals surface area (Å²) in [7, 11) is -3.48. The number of terminal acetylenes is 1. The Balaban J connectivity index is 0.00000172. The van der Waals surface area contributed by atoms with Gasteiger partial charge in [-0.05, 0) is 5.56 Å². The van der Waals surface area contributed by atoms with E-state index >= 15 is 0 Å². The van der Waals surface area contributed by atoms with Crippen molar-refractivity contribution >= 4 is 15.8 Å². The Morgan fingerprint density at radius 3 is 2.30 bits per heavy atom. The highest BCUT2D eigenvalue weighted by molar-refractivity contribution is 7.90. The van der Waals surface area contributed by atoms with Crippen LogP contribution in [-0.4, -0.2) is 25.2 Å². The normalized spacial score (nSPS) is 11.7. The maximum absolute atomic E-state index is 11.9. The Bertz CT molecular complexity index is 541. The molecule has 4 nitrogen and oxygen atoms in total. The van der Waals surface area contributed by atoms with Crippen molar-refractivity contribution in [3.05, 3.63) is 35.9 Å². The fourth-order valence-electron chi connectivity index (χ4n) is 1.55. The first-order chi connectivity index (χ1) is 9.44. The summed E-state index contributed by atoms with van der Waals surface area (Å²) in [6.07, 6.45) is 4.95. The van der Waals surface area contributed by atoms with Crippen LogP contribution in [0.2, 0.25) is 0 Å². The number of carbonyl (C=O) groups is 1. The molecule has 5 heteroatoms. The molecule has 0 bridgehead atoms. The third kappa shape index (κ3) is 6.95. The molecule has 0 spiro atoms. The number of hydrogen-bond acceptors (Lipinski definition) is 3. The van der Waals surface area contributed by atoms with Crippen molar-refractivity contribution in [1.29, 1.82) is 0 Å². The summed E-state index contributed by atoms with van der Waals surface area (Å²) in [5, 5.41) is 8.87. The molecule has 0 heterocycles. The van der Waals surface area contributed by atoms with Crippen molar-refractivity contribution in [1.82, 2.24) is 0 Å². The number of benzene rings is 1. The van der Waals surface area contributed by atoms with Gasteiger partial charge in [-0.2, -0.15) is 0 Å². The molecule has 0 unspecified atom stereocenters. The van der Waals surface area contributed by atoms with Gasteiger partial charge < -0.3 is 5.11 Å². The molecular formula is C15H20O4S. The van der Waals surface area contributed by atoms with Crippen LogP contribution in [0.25, 0.3) is 0 Å². The van der Waals surface area contributed by atoms with Gasteiger partial charge in [0.1, 0.15) is 0 Å². The fraction of sp³-hybridized carbons (Fsp3) is 0.400. The number of sulfone groups is 1. The van der Waals surface area contributed by atoms with Gasteiger partial charge in [0.05, 0.1) is 17.4 Å². The van der Waals surface area contributed by atoms with Gasteiger partial charge in [-0.15, -0.1) is 12.3 Å². The molecule has 0 aliphatic carbocycles. The van der Waals surface area contributed by atoms with E-state index < -0.39 is 27.5 Å². The zero-order valence-corrected chi connectivity index (χ0v) is 12.6. The average Bonchev–Trinajstić information content (AvgIpc) is 2.41. The molecule has 1 atom stereocenters. The highest BCUT2D eigenvalue weighted by Gasteiger charge is 2.24. The molecule has 1 aromatic carbocycles. The number of aliphatic carboxylic acids is 1. The van der Waals surface area contributed by atoms with Gasteiger partial charge in [0.25, 0.3) is 0 Å². The van der Waals surface area contributed by atoms with Crippen LogP contribution in [0.4, 0.5) is 0 Å². The van der Waals surface area contributed by atoms with Crippen LogP contribution in [0.3, 0.4) is 0 Å². The van der Waals surface area contributed by atoms with Crippen molar-refractivity contribution in [2.45, 2.75) is 26.0 Å². The molecule has 1 rings (SSSR count). The molecule has 0 aliphatic rings. The van der Waals surface area contributed by atoms with E-state index in [1.807, 2.05) is 13.8 Å². The zero-order valence-electron chi connectivity index (χ0n) is 11.7. The maximum Gasteiger partial charge on any atom is 0.308 e. The summed E-state index contributed by atoms with van der Waals surface area (Å²) in [6, 6.07) is 8.64. The summed E-state index contributed by atoms with van der Waals surface area (Å²) in [6.45, 7) is 4.00. The standard InChI is InChI=1S/C13H14O4S.C2H6/c1-2-6-12(13(14)15)10-18(16,17)9-11-7-4-3-5-8-11;1-2/h1,3-5,7-8,12H,6,9-10H2,(H,14,15);1-2H3/t12-;/m0./s1. The van der Waals surface area contributed by atoms with Crippen LogP contribution in [0, 0.1) is 18.3 Å². The fourth-order valence-corrected chi connectivity index (χ4v) is 3.25. The van der Waals surface area contributed by atoms with Crippen LogP contribution >= 0.6 is 0 Å². The van der Waals surface area contributed by atoms with E-state index in [1.165, 1.54) is 0 Å². The molecule has 0 radical (unpaired) electrons. The van der Waals surface area contributed by atoms with Gasteiger partial charge in [-0.1, -0.05) is 44.2 Å². The summed E-state index contributed by atoms with van der Waals surface area (Å²) < 4.78 is 23.7. The summed E-state index contributed by atoms with van der Waals surface area (Å²) >= 11 is 0. The topological polar surface area (TPSA) is 71.4 Å². The summed E-state index contributed by atoms with van der Waals surface area (Å²) in [5.41, 5.74) is 0.641. The lowest BCUT2D eigenvalue weighted by atomic mass is 10.1. The average molecular weight is 296 g/mol. The van der Waals surface area contributed by atoms with Crippen LogP contribution in [0.15, 0.2) is 30.3 Å². The van der Waals surface area contributed by atoms with Crippen molar-refractivity contribution in [3.8, 4) is 12.3 Å². The molecule has 1 N–H and O–H groups in total. The summed E-state index contributed by atoms with van der Waals surface area (Å²) in [4.78, 5) is 10.9. The quantitative estimate of drug-likeness (QED) is 0.818. The second-order valence-electron chi connectivity index (χ2n) is 3.98. The minimum absolute atomic E-state index is 0.0800. The van der Waals surface area contributed by atoms with Gasteiger partial charge in [-0.3, -0.25) is 4.79 Å². The Labute approximate surface area is 120 Å². The van der Waals surface area contributed by atoms with Crippen molar-refractivity contribution < 1.29 is 18.3 Å². The lowest BCUT2D eigenvalue weighted by Crippen LogP contribution is -2.24. The summed E-state index contributed by atoms with van der Waals surface area (Å²) in [5.74, 6) is -0.618. The van der Waals surface area contributed by atoms with Crippen LogP contribution in [0.1, 0.15) is 25.8 Å². The van der Waals surface area contributed by atoms with Crippen LogP contribution in [-0.2, 0) is 20.4 Å². The van der Waals surface area contributed by atoms with Gasteiger partial charge in [0.2, 0.25) is 0 Å². The molecule has 0 fully saturated rings. The SMILES string of the molecule is C#CC[C@@H](CS(=O)(=O)Cc1ccccc1)C(=O)O.CC. The molecule has 0 saturated heterocycles. The predicted octanol–water partition coefficient (Wildman–Crippen LogP) is 2.35. The molecule has 0 saturated carbocycles. The number of carboxylic acid groups (broad SMARTS) is 1. The minimum Gasteiger partial charge on any atom is -0.481 e. The minimum atomic E-state index is -3.48. The number of rotatable bonds is 6. The molecule has 110 valence electrons. The van der Waals surface area contributed by atoms with Crippen molar-refractivity contribution in [2.75, 3.05) is 5.75 Å². The second kappa shape index (κ2) is 9.16. The third-order valence-electron chi connectivity index (χ3n) is 2.40. The largest absolute Gasteiger partial charge is 0.481 e. The van der Waals surface area contributed by atoms with Crippen LogP contribution < -0.4 is 0 Å². The van der Waals surface area contributed by atoms with E-state index in [2.05, 4.69) is 5.92 Å². The van der Waals surface area contributed by atoms with E-state index in [0.29, 0.717) is 5.56 Å². The Kier molecular flexibility index (Phi) is 8.33. The Hall–Kier alpha value is -1.80. The predicted molar refractivity (Wildman–Crippen MR) is 79.9 cm³/mol. The van der Waals surface area contributed by atoms with Gasteiger partial charge in [0, 0.05) is 6.42 Å². The highest BCUT2D eigenvalue weighted by Crippen LogP contribution is 2.12. The van der Waals surface area contributed by atoms with E-state index in [9.17, 15) is 13.2 Å². The lowest BCUT2D eigenvalue weighted by molar-refractivity contribution is -0.140. The Morgan fingerprint density at radius 1 is 1.30 bits per heavy atom. The first kappa shape index (κ1) is 18.2. The first-order valence-corrected chi connectivity index (χ1v) is 8.17. The molecule has 0 aliphatic heterocycles. The van der Waals surface area contributed by atoms with E-state index in [0.717, 1.165) is 0 Å². The van der Waals surface area contributed by atoms with E-state index in [1.54, 1.807) is 30.3 Å². The molecule has 20 heavy (non-hydrogen) atoms. The van der Waals surface area contributed by atoms with E-state index in [-0.39, 0.29) is 12.2 Å². The van der Waals surface area contributed by atoms with Gasteiger partial charge in [-0.25, -0.2) is 8.42 Å². The van der Waals surface area contributed by atoms with E-state index in [4.69, 9.17) is 11.5 Å². The number of carboxylic acids is 1. The highest BCUT2D eigenvalue weighted by atomic mass is 32.2. The van der Waals surface area contributed by atoms with Crippen molar-refractivity contribution in [3.63, 3.8) is 0 Å². The lowest BCUT2D eigenvalue weighted by Gasteiger charge is -2.10. The maximum atomic E-state index is 11.9. The monoisotopic (exact) mass is 296 g/mol. The van der Waals surface area contributed by atoms with Gasteiger partial charge in [0.15, 0.2) is 9.84 Å². The molecular weight excluding hydrogens is 276 g/mol. The van der Waals surface area contributed by atoms with Crippen LogP contribution in [0.5, 0.6) is 0 Å². The molecule has 0 aromatic heterocycles. The second-order valence-corrected chi connectivity index (χ2v) is 6.09. The first-order valence-electron chi connectivity index (χ1n) is 6.35. The number of hydrogen-bond donors (Lipinski definition) is 1. The Morgan fingerprint density at radius 2 is 1.85 bits per heavy atom. The van der Waals surface area contributed by atoms with Gasteiger partial charge >= 0.3 is 5.97 Å². The van der Waals surface area contributed by atoms with Crippen molar-refractivity contribution in [2.24, 2.45) is 5.92 Å².